The molecular formula is C22H23N8O6S3+. The van der Waals surface area contributed by atoms with Crippen molar-refractivity contribution in [3.05, 3.63) is 47.7 Å². The Balaban J connectivity index is 1.36. The van der Waals surface area contributed by atoms with Gasteiger partial charge in [-0.05, 0) is 12.1 Å². The number of aliphatic carboxylic acids is 1. The van der Waals surface area contributed by atoms with E-state index in [4.69, 9.17) is 10.6 Å². The fourth-order valence-corrected chi connectivity index (χ4v) is 6.86. The van der Waals surface area contributed by atoms with Gasteiger partial charge in [-0.25, -0.2) is 9.36 Å². The number of oxime groups is 1. The first-order valence-electron chi connectivity index (χ1n) is 11.5. The zero-order valence-corrected chi connectivity index (χ0v) is 22.8. The number of aromatic nitrogens is 4. The average molecular weight is 592 g/mol. The molecule has 5 N–H and O–H groups in total. The second kappa shape index (κ2) is 11.2. The molecule has 5 rings (SSSR count). The van der Waals surface area contributed by atoms with E-state index in [1.54, 1.807) is 0 Å². The molecular weight excluding hydrogens is 568 g/mol. The Morgan fingerprint density at radius 3 is 2.92 bits per heavy atom. The van der Waals surface area contributed by atoms with E-state index in [0.29, 0.717) is 17.1 Å². The number of nitrogens with zero attached hydrogens (tertiary/aromatic N) is 6. The first-order chi connectivity index (χ1) is 18.8. The van der Waals surface area contributed by atoms with Gasteiger partial charge in [0.15, 0.2) is 10.2 Å². The normalized spacial score (nSPS) is 19.2. The molecule has 39 heavy (non-hydrogen) atoms. The second-order valence-corrected chi connectivity index (χ2v) is 11.3. The maximum absolute atomic E-state index is 13.1. The van der Waals surface area contributed by atoms with Crippen LogP contribution in [-0.4, -0.2) is 89.0 Å². The van der Waals surface area contributed by atoms with Crippen LogP contribution in [0, 0.1) is 0 Å². The topological polar surface area (TPSA) is 189 Å². The molecule has 1 saturated heterocycles. The lowest BCUT2D eigenvalue weighted by atomic mass is 10.0. The molecule has 5 heterocycles. The van der Waals surface area contributed by atoms with Crippen molar-refractivity contribution in [1.82, 2.24) is 24.0 Å². The molecule has 2 amide bonds. The number of rotatable bonds is 10. The number of nitrogens with two attached hydrogens (primary N) is 1. The van der Waals surface area contributed by atoms with Crippen LogP contribution in [0.15, 0.2) is 52.0 Å². The largest absolute Gasteiger partial charge is 0.477 e. The highest BCUT2D eigenvalue weighted by atomic mass is 32.2. The van der Waals surface area contributed by atoms with Crippen LogP contribution in [0.4, 0.5) is 5.13 Å². The van der Waals surface area contributed by atoms with Gasteiger partial charge in [0.05, 0.1) is 6.61 Å². The molecule has 0 aliphatic carbocycles. The van der Waals surface area contributed by atoms with Crippen LogP contribution >= 0.6 is 35.1 Å². The van der Waals surface area contributed by atoms with Gasteiger partial charge in [0.2, 0.25) is 11.5 Å². The summed E-state index contributed by atoms with van der Waals surface area (Å²) in [6, 6.07) is 4.78. The number of carbonyl (C=O) groups is 3. The Labute approximate surface area is 233 Å². The van der Waals surface area contributed by atoms with E-state index in [0.717, 1.165) is 22.2 Å². The summed E-state index contributed by atoms with van der Waals surface area (Å²) in [7, 11) is 1.25. The van der Waals surface area contributed by atoms with Gasteiger partial charge in [-0.2, -0.15) is 13.8 Å². The molecule has 14 nitrogen and oxygen atoms in total. The zero-order chi connectivity index (χ0) is 27.7. The predicted molar refractivity (Wildman–Crippen MR) is 143 cm³/mol. The molecule has 2 aliphatic rings. The van der Waals surface area contributed by atoms with Crippen LogP contribution in [0.5, 0.6) is 0 Å². The highest BCUT2D eigenvalue weighted by Gasteiger charge is 2.54. The maximum Gasteiger partial charge on any atom is 0.352 e. The number of anilines is 1. The van der Waals surface area contributed by atoms with Crippen molar-refractivity contribution in [2.75, 3.05) is 31.0 Å². The van der Waals surface area contributed by atoms with E-state index < -0.39 is 29.2 Å². The van der Waals surface area contributed by atoms with Crippen LogP contribution in [0.1, 0.15) is 5.82 Å². The number of carboxylic acids is 1. The zero-order valence-electron chi connectivity index (χ0n) is 20.4. The number of nitrogens with one attached hydrogen (secondary N) is 1. The third-order valence-corrected chi connectivity index (χ3v) is 8.85. The van der Waals surface area contributed by atoms with Crippen molar-refractivity contribution in [1.29, 1.82) is 0 Å². The van der Waals surface area contributed by atoms with Crippen molar-refractivity contribution in [2.24, 2.45) is 5.16 Å². The Hall–Kier alpha value is -3.67. The molecule has 0 unspecified atom stereocenters. The maximum atomic E-state index is 13.1. The predicted octanol–water partition coefficient (Wildman–Crippen LogP) is -0.466. The number of fused-ring (bicyclic) bond motifs is 2. The van der Waals surface area contributed by atoms with Crippen LogP contribution in [0.25, 0.3) is 5.65 Å². The van der Waals surface area contributed by atoms with Crippen LogP contribution in [0.2, 0.25) is 0 Å². The average Bonchev–Trinajstić information content (AvgIpc) is 3.54. The molecule has 3 aromatic heterocycles. The number of imidazole rings is 1. The van der Waals surface area contributed by atoms with Gasteiger partial charge in [0, 0.05) is 34.7 Å². The van der Waals surface area contributed by atoms with Gasteiger partial charge >= 0.3 is 5.97 Å². The molecule has 17 heteroatoms. The van der Waals surface area contributed by atoms with Crippen LogP contribution in [-0.2, 0) is 25.8 Å². The van der Waals surface area contributed by atoms with E-state index in [9.17, 15) is 24.6 Å². The Kier molecular flexibility index (Phi) is 7.74. The molecule has 3 aromatic rings. The van der Waals surface area contributed by atoms with Crippen molar-refractivity contribution >= 4 is 69.3 Å². The highest BCUT2D eigenvalue weighted by molar-refractivity contribution is 8.00. The summed E-state index contributed by atoms with van der Waals surface area (Å²) >= 11 is 3.74. The van der Waals surface area contributed by atoms with E-state index in [1.807, 2.05) is 39.6 Å². The van der Waals surface area contributed by atoms with Gasteiger partial charge in [-0.3, -0.25) is 14.5 Å². The van der Waals surface area contributed by atoms with Gasteiger partial charge in [-0.15, -0.1) is 11.8 Å². The summed E-state index contributed by atoms with van der Waals surface area (Å²) in [6.45, 7) is 0.312. The van der Waals surface area contributed by atoms with E-state index in [1.165, 1.54) is 35.5 Å². The van der Waals surface area contributed by atoms with Crippen molar-refractivity contribution < 1.29 is 34.0 Å². The highest BCUT2D eigenvalue weighted by Crippen LogP contribution is 2.40. The first-order valence-corrected chi connectivity index (χ1v) is 14.3. The molecule has 0 saturated carbocycles. The lowest BCUT2D eigenvalue weighted by Crippen LogP contribution is -2.71. The van der Waals surface area contributed by atoms with Gasteiger partial charge < -0.3 is 26.1 Å². The number of aliphatic hydroxyl groups excluding tert-OH is 1. The van der Waals surface area contributed by atoms with Gasteiger partial charge in [0.25, 0.3) is 17.5 Å². The third kappa shape index (κ3) is 5.05. The molecule has 0 aromatic carbocycles. The lowest BCUT2D eigenvalue weighted by molar-refractivity contribution is -0.662. The van der Waals surface area contributed by atoms with E-state index >= 15 is 0 Å². The van der Waals surface area contributed by atoms with Crippen molar-refractivity contribution in [2.45, 2.75) is 23.0 Å². The van der Waals surface area contributed by atoms with Gasteiger partial charge in [-0.1, -0.05) is 16.9 Å². The number of hydrogen-bond donors (Lipinski definition) is 4. The molecule has 0 bridgehead atoms. The summed E-state index contributed by atoms with van der Waals surface area (Å²) in [5.74, 6) is -1.67. The molecule has 204 valence electrons. The van der Waals surface area contributed by atoms with Crippen LogP contribution in [0.3, 0.4) is 0 Å². The monoisotopic (exact) mass is 591 g/mol. The number of pyridine rings is 1. The van der Waals surface area contributed by atoms with Crippen LogP contribution < -0.4 is 15.6 Å². The molecule has 2 atom stereocenters. The summed E-state index contributed by atoms with van der Waals surface area (Å²) in [6.07, 6.45) is 3.72. The minimum Gasteiger partial charge on any atom is -0.477 e. The number of carbonyl (C=O) groups excluding carboxylic acids is 2. The Morgan fingerprint density at radius 2 is 2.23 bits per heavy atom. The molecule has 0 radical (unpaired) electrons. The standard InChI is InChI=1S/C22H22N8O6S3/c1-36-26-14(17-25-22(23)39-27-17)18(32)24-15-19(33)30-16(21(34)35)11(10-38-20(15)30)9-28-5-6-29-12(28)3-2-4-13(29)37-8-7-31/h2-6,15,20,31H,7-10H2,1H3,(H3-,23,24,25,27,32,34,35)/p+1/b26-14-/t15-,20-/m1/s1. The minimum atomic E-state index is -1.22. The summed E-state index contributed by atoms with van der Waals surface area (Å²) in [5, 5.41) is 26.0. The quantitative estimate of drug-likeness (QED) is 0.0785. The molecule has 2 aliphatic heterocycles. The summed E-state index contributed by atoms with van der Waals surface area (Å²) < 4.78 is 7.83. The fourth-order valence-electron chi connectivity index (χ4n) is 4.33. The van der Waals surface area contributed by atoms with Gasteiger partial charge in [0.1, 0.15) is 43.2 Å². The number of aliphatic hydroxyl groups is 1. The number of hydrogen-bond acceptors (Lipinski definition) is 12. The SMILES string of the molecule is CO/N=C(\C(=O)N[C@@H]1C(=O)N2C(C(=O)O)=C(C[n+]3ccn4c(SCCO)cccc43)CS[C@H]12)c1nsc(N)n1. The Morgan fingerprint density at radius 1 is 1.41 bits per heavy atom. The van der Waals surface area contributed by atoms with Crippen molar-refractivity contribution in [3.8, 4) is 0 Å². The number of thioether (sulfide) groups is 2. The summed E-state index contributed by atoms with van der Waals surface area (Å²) in [4.78, 5) is 48.2. The fraction of sp³-hybridized carbons (Fsp3) is 0.318. The lowest BCUT2D eigenvalue weighted by Gasteiger charge is -2.49. The Bertz CT molecular complexity index is 1520. The van der Waals surface area contributed by atoms with E-state index in [-0.39, 0.29) is 35.5 Å². The number of amides is 2. The molecule has 1 fully saturated rings. The smallest absolute Gasteiger partial charge is 0.352 e. The first kappa shape index (κ1) is 26.9. The number of nitrogen functional groups attached to an aromatic ring is 1. The third-order valence-electron chi connectivity index (χ3n) is 5.95. The number of β-lactam (4-membered cyclic amide) rings is 1. The molecule has 0 spiro atoms. The second-order valence-electron chi connectivity index (χ2n) is 8.29. The van der Waals surface area contributed by atoms with Crippen molar-refractivity contribution in [3.63, 3.8) is 0 Å². The minimum absolute atomic E-state index is 0.0417. The van der Waals surface area contributed by atoms with E-state index in [2.05, 4.69) is 19.8 Å². The number of carboxylic acid groups (broad SMARTS) is 1. The summed E-state index contributed by atoms with van der Waals surface area (Å²) in [5.41, 5.74) is 6.67.